The van der Waals surface area contributed by atoms with Gasteiger partial charge in [-0.2, -0.15) is 0 Å². The minimum Gasteiger partial charge on any atom is -0.376 e. The van der Waals surface area contributed by atoms with E-state index in [2.05, 4.69) is 21.5 Å². The summed E-state index contributed by atoms with van der Waals surface area (Å²) in [7, 11) is 1.73. The summed E-state index contributed by atoms with van der Waals surface area (Å²) in [6, 6.07) is 0. The van der Waals surface area contributed by atoms with Crippen molar-refractivity contribution < 1.29 is 4.74 Å². The van der Waals surface area contributed by atoms with Crippen LogP contribution in [0.15, 0.2) is 4.99 Å². The molecule has 0 aliphatic carbocycles. The van der Waals surface area contributed by atoms with Gasteiger partial charge in [0.05, 0.1) is 12.6 Å². The van der Waals surface area contributed by atoms with Crippen molar-refractivity contribution in [2.45, 2.75) is 25.4 Å². The molecule has 0 saturated carbocycles. The monoisotopic (exact) mass is 337 g/mol. The zero-order chi connectivity index (χ0) is 10.9. The Morgan fingerprint density at radius 1 is 1.50 bits per heavy atom. The summed E-state index contributed by atoms with van der Waals surface area (Å²) in [5, 5.41) is 6.20. The fourth-order valence-corrected chi connectivity index (χ4v) is 1.53. The lowest BCUT2D eigenvalue weighted by molar-refractivity contribution is 0.0194. The lowest BCUT2D eigenvalue weighted by Gasteiger charge is -2.23. The number of guanidine groups is 1. The second-order valence-electron chi connectivity index (χ2n) is 3.50. The van der Waals surface area contributed by atoms with E-state index in [0.29, 0.717) is 12.6 Å². The fraction of sp³-hybridized carbons (Fsp3) is 0.727. The molecular formula is C11H20IN3O. The van der Waals surface area contributed by atoms with Crippen molar-refractivity contribution in [2.24, 2.45) is 4.99 Å². The predicted octanol–water partition coefficient (Wildman–Crippen LogP) is 0.972. The Kier molecular flexibility index (Phi) is 9.43. The molecule has 0 aromatic rings. The van der Waals surface area contributed by atoms with E-state index in [4.69, 9.17) is 11.2 Å². The Labute approximate surface area is 115 Å². The van der Waals surface area contributed by atoms with Gasteiger partial charge in [0.1, 0.15) is 0 Å². The number of hydrogen-bond donors (Lipinski definition) is 2. The molecule has 1 heterocycles. The van der Waals surface area contributed by atoms with E-state index in [1.165, 1.54) is 12.8 Å². The summed E-state index contributed by atoms with van der Waals surface area (Å²) in [5.41, 5.74) is 0. The predicted molar refractivity (Wildman–Crippen MR) is 77.2 cm³/mol. The zero-order valence-electron chi connectivity index (χ0n) is 9.66. The maximum atomic E-state index is 5.59. The maximum Gasteiger partial charge on any atom is 0.191 e. The SMILES string of the molecule is C#CCNC(=NC)NCC1CCCCO1.I. The van der Waals surface area contributed by atoms with Gasteiger partial charge in [0.15, 0.2) is 5.96 Å². The summed E-state index contributed by atoms with van der Waals surface area (Å²) in [4.78, 5) is 4.05. The molecule has 2 N–H and O–H groups in total. The molecule has 0 amide bonds. The van der Waals surface area contributed by atoms with Crippen LogP contribution in [0.3, 0.4) is 0 Å². The minimum atomic E-state index is 0. The molecule has 1 unspecified atom stereocenters. The Balaban J connectivity index is 0.00000225. The van der Waals surface area contributed by atoms with Crippen molar-refractivity contribution in [1.29, 1.82) is 0 Å². The second-order valence-corrected chi connectivity index (χ2v) is 3.50. The standard InChI is InChI=1S/C11H19N3O.HI/c1-3-7-13-11(12-2)14-9-10-6-4-5-8-15-10;/h1,10H,4-9H2,2H3,(H2,12,13,14);1H. The molecule has 4 nitrogen and oxygen atoms in total. The summed E-state index contributed by atoms with van der Waals surface area (Å²) < 4.78 is 5.59. The summed E-state index contributed by atoms with van der Waals surface area (Å²) in [6.07, 6.45) is 9.02. The number of nitrogens with zero attached hydrogens (tertiary/aromatic N) is 1. The van der Waals surface area contributed by atoms with E-state index < -0.39 is 0 Å². The average Bonchev–Trinajstić information content (AvgIpc) is 2.31. The van der Waals surface area contributed by atoms with Gasteiger partial charge in [-0.25, -0.2) is 0 Å². The van der Waals surface area contributed by atoms with E-state index in [0.717, 1.165) is 25.5 Å². The molecule has 1 fully saturated rings. The Morgan fingerprint density at radius 2 is 2.31 bits per heavy atom. The van der Waals surface area contributed by atoms with Gasteiger partial charge >= 0.3 is 0 Å². The van der Waals surface area contributed by atoms with Crippen LogP contribution in [-0.2, 0) is 4.74 Å². The largest absolute Gasteiger partial charge is 0.376 e. The quantitative estimate of drug-likeness (QED) is 0.349. The third-order valence-corrected chi connectivity index (χ3v) is 2.35. The lowest BCUT2D eigenvalue weighted by Crippen LogP contribution is -2.42. The molecule has 1 aliphatic rings. The van der Waals surface area contributed by atoms with Crippen molar-refractivity contribution in [3.8, 4) is 12.3 Å². The fourth-order valence-electron chi connectivity index (χ4n) is 1.53. The van der Waals surface area contributed by atoms with Crippen LogP contribution in [0.25, 0.3) is 0 Å². The van der Waals surface area contributed by atoms with Gasteiger partial charge in [0.25, 0.3) is 0 Å². The molecule has 1 rings (SSSR count). The van der Waals surface area contributed by atoms with Gasteiger partial charge in [-0.3, -0.25) is 4.99 Å². The van der Waals surface area contributed by atoms with Crippen molar-refractivity contribution >= 4 is 29.9 Å². The summed E-state index contributed by atoms with van der Waals surface area (Å²) in [6.45, 7) is 2.16. The van der Waals surface area contributed by atoms with Gasteiger partial charge in [0.2, 0.25) is 0 Å². The first-order valence-corrected chi connectivity index (χ1v) is 5.36. The smallest absolute Gasteiger partial charge is 0.191 e. The normalized spacial score (nSPS) is 20.5. The Hall–Kier alpha value is -0.480. The topological polar surface area (TPSA) is 45.7 Å². The zero-order valence-corrected chi connectivity index (χ0v) is 12.0. The van der Waals surface area contributed by atoms with Gasteiger partial charge in [-0.1, -0.05) is 5.92 Å². The molecule has 1 aliphatic heterocycles. The van der Waals surface area contributed by atoms with Crippen LogP contribution in [0.2, 0.25) is 0 Å². The number of ether oxygens (including phenoxy) is 1. The van der Waals surface area contributed by atoms with E-state index in [-0.39, 0.29) is 24.0 Å². The van der Waals surface area contributed by atoms with Crippen LogP contribution in [0.4, 0.5) is 0 Å². The van der Waals surface area contributed by atoms with Crippen molar-refractivity contribution in [1.82, 2.24) is 10.6 Å². The van der Waals surface area contributed by atoms with E-state index in [9.17, 15) is 0 Å². The minimum absolute atomic E-state index is 0. The Bertz CT molecular complexity index is 244. The van der Waals surface area contributed by atoms with E-state index in [1.807, 2.05) is 0 Å². The van der Waals surface area contributed by atoms with Crippen LogP contribution in [0.5, 0.6) is 0 Å². The number of terminal acetylenes is 1. The van der Waals surface area contributed by atoms with Crippen LogP contribution >= 0.6 is 24.0 Å². The highest BCUT2D eigenvalue weighted by Crippen LogP contribution is 2.11. The highest BCUT2D eigenvalue weighted by atomic mass is 127. The van der Waals surface area contributed by atoms with Crippen molar-refractivity contribution in [3.05, 3.63) is 0 Å². The Morgan fingerprint density at radius 3 is 2.88 bits per heavy atom. The maximum absolute atomic E-state index is 5.59. The van der Waals surface area contributed by atoms with Crippen LogP contribution in [-0.4, -0.2) is 38.8 Å². The first-order chi connectivity index (χ1) is 7.36. The number of rotatable bonds is 3. The van der Waals surface area contributed by atoms with Crippen LogP contribution < -0.4 is 10.6 Å². The molecule has 1 saturated heterocycles. The second kappa shape index (κ2) is 9.73. The van der Waals surface area contributed by atoms with Crippen molar-refractivity contribution in [2.75, 3.05) is 26.7 Å². The van der Waals surface area contributed by atoms with Crippen LogP contribution in [0.1, 0.15) is 19.3 Å². The highest BCUT2D eigenvalue weighted by molar-refractivity contribution is 14.0. The van der Waals surface area contributed by atoms with E-state index >= 15 is 0 Å². The molecule has 0 spiro atoms. The molecule has 0 aromatic carbocycles. The molecule has 1 atom stereocenters. The number of aliphatic imine (C=N–C) groups is 1. The number of halogens is 1. The third kappa shape index (κ3) is 6.18. The van der Waals surface area contributed by atoms with Gasteiger partial charge in [-0.15, -0.1) is 30.4 Å². The molecule has 0 aromatic heterocycles. The van der Waals surface area contributed by atoms with Gasteiger partial charge < -0.3 is 15.4 Å². The average molecular weight is 337 g/mol. The molecule has 5 heteroatoms. The van der Waals surface area contributed by atoms with Crippen LogP contribution in [0, 0.1) is 12.3 Å². The van der Waals surface area contributed by atoms with Gasteiger partial charge in [-0.05, 0) is 19.3 Å². The first-order valence-electron chi connectivity index (χ1n) is 5.36. The highest BCUT2D eigenvalue weighted by Gasteiger charge is 2.13. The molecular weight excluding hydrogens is 317 g/mol. The van der Waals surface area contributed by atoms with Crippen molar-refractivity contribution in [3.63, 3.8) is 0 Å². The number of hydrogen-bond acceptors (Lipinski definition) is 2. The number of nitrogens with one attached hydrogen (secondary N) is 2. The summed E-state index contributed by atoms with van der Waals surface area (Å²) in [5.74, 6) is 3.25. The van der Waals surface area contributed by atoms with E-state index in [1.54, 1.807) is 7.05 Å². The molecule has 16 heavy (non-hydrogen) atoms. The lowest BCUT2D eigenvalue weighted by atomic mass is 10.1. The molecule has 0 bridgehead atoms. The molecule has 92 valence electrons. The summed E-state index contributed by atoms with van der Waals surface area (Å²) >= 11 is 0. The molecule has 0 radical (unpaired) electrons. The third-order valence-electron chi connectivity index (χ3n) is 2.35. The van der Waals surface area contributed by atoms with Gasteiger partial charge in [0, 0.05) is 20.2 Å². The first kappa shape index (κ1) is 15.5.